The van der Waals surface area contributed by atoms with Crippen LogP contribution in [0.5, 0.6) is 0 Å². The van der Waals surface area contributed by atoms with E-state index in [1.807, 2.05) is 0 Å². The number of benzene rings is 1. The summed E-state index contributed by atoms with van der Waals surface area (Å²) in [6, 6.07) is 6.33. The molecular formula is C13H16ClN3. The molecule has 1 aromatic carbocycles. The summed E-state index contributed by atoms with van der Waals surface area (Å²) in [5.41, 5.74) is 3.65. The number of aryl methyl sites for hydroxylation is 2. The molecule has 0 fully saturated rings. The maximum atomic E-state index is 5.84. The van der Waals surface area contributed by atoms with Crippen LogP contribution in [-0.4, -0.2) is 14.8 Å². The molecule has 4 heteroatoms. The molecule has 3 nitrogen and oxygen atoms in total. The number of alkyl halides is 1. The molecule has 0 aliphatic rings. The zero-order chi connectivity index (χ0) is 12.4. The third-order valence-electron chi connectivity index (χ3n) is 3.03. The molecule has 0 saturated carbocycles. The first-order chi connectivity index (χ1) is 8.17. The van der Waals surface area contributed by atoms with Crippen molar-refractivity contribution in [3.63, 3.8) is 0 Å². The third kappa shape index (κ3) is 2.20. The van der Waals surface area contributed by atoms with E-state index in [1.165, 1.54) is 11.1 Å². The number of nitrogens with zero attached hydrogens (tertiary/aromatic N) is 3. The summed E-state index contributed by atoms with van der Waals surface area (Å²) in [5, 5.41) is 8.34. The van der Waals surface area contributed by atoms with E-state index in [2.05, 4.69) is 53.7 Å². The van der Waals surface area contributed by atoms with Crippen molar-refractivity contribution in [1.82, 2.24) is 14.8 Å². The van der Waals surface area contributed by atoms with Crippen molar-refractivity contribution in [2.24, 2.45) is 0 Å². The van der Waals surface area contributed by atoms with Crippen LogP contribution in [0.3, 0.4) is 0 Å². The Morgan fingerprint density at radius 3 is 2.53 bits per heavy atom. The quantitative estimate of drug-likeness (QED) is 0.782. The average molecular weight is 250 g/mol. The lowest BCUT2D eigenvalue weighted by Gasteiger charge is -2.07. The average Bonchev–Trinajstić information content (AvgIpc) is 2.75. The first-order valence-corrected chi connectivity index (χ1v) is 6.26. The van der Waals surface area contributed by atoms with Gasteiger partial charge in [0.05, 0.1) is 5.88 Å². The molecule has 0 atom stereocenters. The lowest BCUT2D eigenvalue weighted by Crippen LogP contribution is -2.02. The van der Waals surface area contributed by atoms with Crippen LogP contribution in [0, 0.1) is 13.8 Å². The standard InChI is InChI=1S/C13H16ClN3/c1-4-17-12(8-14)15-16-13(17)11-6-5-9(2)10(3)7-11/h5-7H,4,8H2,1-3H3. The Balaban J connectivity index is 2.52. The van der Waals surface area contributed by atoms with Crippen LogP contribution in [0.4, 0.5) is 0 Å². The van der Waals surface area contributed by atoms with Gasteiger partial charge in [-0.1, -0.05) is 12.1 Å². The van der Waals surface area contributed by atoms with Crippen molar-refractivity contribution in [2.75, 3.05) is 0 Å². The summed E-state index contributed by atoms with van der Waals surface area (Å²) in [6.45, 7) is 7.11. The first kappa shape index (κ1) is 12.1. The number of hydrogen-bond acceptors (Lipinski definition) is 2. The summed E-state index contributed by atoms with van der Waals surface area (Å²) in [6.07, 6.45) is 0. The lowest BCUT2D eigenvalue weighted by molar-refractivity contribution is 0.731. The lowest BCUT2D eigenvalue weighted by atomic mass is 10.1. The van der Waals surface area contributed by atoms with Crippen molar-refractivity contribution >= 4 is 11.6 Å². The Kier molecular flexibility index (Phi) is 3.48. The highest BCUT2D eigenvalue weighted by Crippen LogP contribution is 2.21. The summed E-state index contributed by atoms with van der Waals surface area (Å²) < 4.78 is 2.05. The number of aromatic nitrogens is 3. The van der Waals surface area contributed by atoms with E-state index in [-0.39, 0.29) is 0 Å². The molecule has 0 aliphatic carbocycles. The molecule has 0 saturated heterocycles. The largest absolute Gasteiger partial charge is 0.310 e. The zero-order valence-electron chi connectivity index (χ0n) is 10.4. The number of rotatable bonds is 3. The van der Waals surface area contributed by atoms with Gasteiger partial charge in [0.2, 0.25) is 0 Å². The van der Waals surface area contributed by atoms with Gasteiger partial charge in [0.15, 0.2) is 5.82 Å². The summed E-state index contributed by atoms with van der Waals surface area (Å²) >= 11 is 5.84. The summed E-state index contributed by atoms with van der Waals surface area (Å²) in [4.78, 5) is 0. The molecule has 2 aromatic rings. The van der Waals surface area contributed by atoms with Crippen LogP contribution in [0.2, 0.25) is 0 Å². The molecule has 0 unspecified atom stereocenters. The van der Waals surface area contributed by atoms with Crippen LogP contribution in [0.1, 0.15) is 23.9 Å². The SMILES string of the molecule is CCn1c(CCl)nnc1-c1ccc(C)c(C)c1. The molecular weight excluding hydrogens is 234 g/mol. The first-order valence-electron chi connectivity index (χ1n) is 5.73. The molecule has 0 radical (unpaired) electrons. The van der Waals surface area contributed by atoms with E-state index in [9.17, 15) is 0 Å². The fourth-order valence-corrected chi connectivity index (χ4v) is 2.06. The fourth-order valence-electron chi connectivity index (χ4n) is 1.86. The van der Waals surface area contributed by atoms with Gasteiger partial charge in [-0.15, -0.1) is 21.8 Å². The van der Waals surface area contributed by atoms with Crippen LogP contribution >= 0.6 is 11.6 Å². The van der Waals surface area contributed by atoms with Crippen LogP contribution in [0.15, 0.2) is 18.2 Å². The molecule has 2 rings (SSSR count). The second-order valence-corrected chi connectivity index (χ2v) is 4.38. The number of halogens is 1. The van der Waals surface area contributed by atoms with E-state index >= 15 is 0 Å². The molecule has 90 valence electrons. The zero-order valence-corrected chi connectivity index (χ0v) is 11.1. The second-order valence-electron chi connectivity index (χ2n) is 4.12. The summed E-state index contributed by atoms with van der Waals surface area (Å²) in [7, 11) is 0. The Hall–Kier alpha value is -1.35. The molecule has 1 aromatic heterocycles. The maximum Gasteiger partial charge on any atom is 0.163 e. The van der Waals surface area contributed by atoms with E-state index in [1.54, 1.807) is 0 Å². The van der Waals surface area contributed by atoms with Gasteiger partial charge in [-0.3, -0.25) is 0 Å². The van der Waals surface area contributed by atoms with Gasteiger partial charge in [-0.2, -0.15) is 0 Å². The second kappa shape index (κ2) is 4.88. The molecule has 0 spiro atoms. The number of hydrogen-bond donors (Lipinski definition) is 0. The Morgan fingerprint density at radius 2 is 1.94 bits per heavy atom. The highest BCUT2D eigenvalue weighted by atomic mass is 35.5. The van der Waals surface area contributed by atoms with E-state index in [0.717, 1.165) is 23.8 Å². The van der Waals surface area contributed by atoms with Crippen LogP contribution in [-0.2, 0) is 12.4 Å². The predicted molar refractivity (Wildman–Crippen MR) is 70.2 cm³/mol. The van der Waals surface area contributed by atoms with Gasteiger partial charge < -0.3 is 4.57 Å². The van der Waals surface area contributed by atoms with E-state index < -0.39 is 0 Å². The monoisotopic (exact) mass is 249 g/mol. The Bertz CT molecular complexity index is 531. The Morgan fingerprint density at radius 1 is 1.18 bits per heavy atom. The molecule has 1 heterocycles. The van der Waals surface area contributed by atoms with Gasteiger partial charge >= 0.3 is 0 Å². The third-order valence-corrected chi connectivity index (χ3v) is 3.27. The Labute approximate surface area is 106 Å². The van der Waals surface area contributed by atoms with Crippen molar-refractivity contribution in [1.29, 1.82) is 0 Å². The van der Waals surface area contributed by atoms with E-state index in [0.29, 0.717) is 5.88 Å². The highest BCUT2D eigenvalue weighted by Gasteiger charge is 2.11. The molecule has 0 amide bonds. The van der Waals surface area contributed by atoms with Gasteiger partial charge in [0.25, 0.3) is 0 Å². The fraction of sp³-hybridized carbons (Fsp3) is 0.385. The van der Waals surface area contributed by atoms with Crippen molar-refractivity contribution in [3.05, 3.63) is 35.2 Å². The molecule has 0 aliphatic heterocycles. The summed E-state index contributed by atoms with van der Waals surface area (Å²) in [5.74, 6) is 2.11. The topological polar surface area (TPSA) is 30.7 Å². The predicted octanol–water partition coefficient (Wildman–Crippen LogP) is 3.32. The molecule has 0 bridgehead atoms. The molecule has 0 N–H and O–H groups in total. The van der Waals surface area contributed by atoms with Gasteiger partial charge in [-0.25, -0.2) is 0 Å². The van der Waals surface area contributed by atoms with Crippen LogP contribution in [0.25, 0.3) is 11.4 Å². The van der Waals surface area contributed by atoms with Crippen molar-refractivity contribution in [2.45, 2.75) is 33.2 Å². The van der Waals surface area contributed by atoms with Gasteiger partial charge in [-0.05, 0) is 38.0 Å². The normalized spacial score (nSPS) is 10.8. The minimum atomic E-state index is 0.395. The van der Waals surface area contributed by atoms with E-state index in [4.69, 9.17) is 11.6 Å². The molecule has 17 heavy (non-hydrogen) atoms. The highest BCUT2D eigenvalue weighted by molar-refractivity contribution is 6.16. The van der Waals surface area contributed by atoms with Crippen LogP contribution < -0.4 is 0 Å². The maximum absolute atomic E-state index is 5.84. The smallest absolute Gasteiger partial charge is 0.163 e. The van der Waals surface area contributed by atoms with Crippen molar-refractivity contribution in [3.8, 4) is 11.4 Å². The minimum absolute atomic E-state index is 0.395. The van der Waals surface area contributed by atoms with Gasteiger partial charge in [0.1, 0.15) is 5.82 Å². The van der Waals surface area contributed by atoms with Gasteiger partial charge in [0, 0.05) is 12.1 Å². The minimum Gasteiger partial charge on any atom is -0.310 e. The van der Waals surface area contributed by atoms with Crippen molar-refractivity contribution < 1.29 is 0 Å².